The minimum atomic E-state index is -0.0502. The lowest BCUT2D eigenvalue weighted by Crippen LogP contribution is -2.29. The fraction of sp³-hybridized carbons (Fsp3) is 0.316. The topological polar surface area (TPSA) is 54.3 Å². The first-order valence-corrected chi connectivity index (χ1v) is 9.92. The van der Waals surface area contributed by atoms with E-state index in [4.69, 9.17) is 12.2 Å². The molecule has 2 amide bonds. The number of thioether (sulfide) groups is 1. The molecular weight excluding hydrogens is 366 g/mol. The maximum atomic E-state index is 12.5. The van der Waals surface area contributed by atoms with Crippen molar-refractivity contribution >= 4 is 57.1 Å². The zero-order valence-corrected chi connectivity index (χ0v) is 16.0. The van der Waals surface area contributed by atoms with Gasteiger partial charge in [-0.2, -0.15) is 0 Å². The molecular formula is C19H19N3O2S2. The van der Waals surface area contributed by atoms with Crippen LogP contribution in [-0.4, -0.2) is 38.2 Å². The van der Waals surface area contributed by atoms with Crippen LogP contribution in [0.25, 0.3) is 17.0 Å². The summed E-state index contributed by atoms with van der Waals surface area (Å²) < 4.78 is 2.54. The first-order valence-electron chi connectivity index (χ1n) is 8.69. The SMILES string of the molecule is CCN1C(=O)/C(=C/c2cn(CC(=O)NC3CC3)c3ccccc23)SC1=S. The van der Waals surface area contributed by atoms with Gasteiger partial charge >= 0.3 is 0 Å². The predicted octanol–water partition coefficient (Wildman–Crippen LogP) is 3.14. The molecule has 2 aromatic rings. The van der Waals surface area contributed by atoms with Crippen LogP contribution in [0.1, 0.15) is 25.3 Å². The monoisotopic (exact) mass is 385 g/mol. The van der Waals surface area contributed by atoms with Crippen LogP contribution in [0.3, 0.4) is 0 Å². The molecule has 7 heteroatoms. The van der Waals surface area contributed by atoms with Crippen molar-refractivity contribution in [2.24, 2.45) is 0 Å². The smallest absolute Gasteiger partial charge is 0.266 e. The van der Waals surface area contributed by atoms with Crippen LogP contribution >= 0.6 is 24.0 Å². The van der Waals surface area contributed by atoms with E-state index in [9.17, 15) is 9.59 Å². The molecule has 0 spiro atoms. The second-order valence-corrected chi connectivity index (χ2v) is 8.17. The number of likely N-dealkylation sites (N-methyl/N-ethyl adjacent to an activating group) is 1. The van der Waals surface area contributed by atoms with Gasteiger partial charge < -0.3 is 9.88 Å². The van der Waals surface area contributed by atoms with Crippen molar-refractivity contribution in [3.8, 4) is 0 Å². The number of rotatable bonds is 5. The number of thiocarbonyl (C=S) groups is 1. The third-order valence-electron chi connectivity index (χ3n) is 4.55. The first-order chi connectivity index (χ1) is 12.6. The van der Waals surface area contributed by atoms with Crippen LogP contribution in [0.15, 0.2) is 35.4 Å². The van der Waals surface area contributed by atoms with Gasteiger partial charge in [-0.05, 0) is 31.9 Å². The van der Waals surface area contributed by atoms with Crippen LogP contribution in [0.2, 0.25) is 0 Å². The summed E-state index contributed by atoms with van der Waals surface area (Å²) >= 11 is 6.61. The van der Waals surface area contributed by atoms with Crippen molar-refractivity contribution in [2.45, 2.75) is 32.4 Å². The Labute approximate surface area is 161 Å². The summed E-state index contributed by atoms with van der Waals surface area (Å²) in [5.41, 5.74) is 1.91. The Morgan fingerprint density at radius 3 is 2.85 bits per heavy atom. The molecule has 26 heavy (non-hydrogen) atoms. The molecule has 1 aliphatic carbocycles. The molecule has 0 unspecified atom stereocenters. The number of carbonyl (C=O) groups is 2. The summed E-state index contributed by atoms with van der Waals surface area (Å²) in [6.07, 6.45) is 5.97. The van der Waals surface area contributed by atoms with Crippen molar-refractivity contribution in [3.05, 3.63) is 40.9 Å². The van der Waals surface area contributed by atoms with E-state index >= 15 is 0 Å². The van der Waals surface area contributed by atoms with Gasteiger partial charge in [0.05, 0.1) is 4.91 Å². The fourth-order valence-electron chi connectivity index (χ4n) is 3.09. The first kappa shape index (κ1) is 17.3. The third-order valence-corrected chi connectivity index (χ3v) is 5.93. The molecule has 0 atom stereocenters. The highest BCUT2D eigenvalue weighted by Gasteiger charge is 2.31. The van der Waals surface area contributed by atoms with Crippen molar-refractivity contribution in [2.75, 3.05) is 6.54 Å². The summed E-state index contributed by atoms with van der Waals surface area (Å²) in [5.74, 6) is -0.0251. The highest BCUT2D eigenvalue weighted by Crippen LogP contribution is 2.34. The number of hydrogen-bond donors (Lipinski definition) is 1. The molecule has 1 saturated heterocycles. The number of hydrogen-bond acceptors (Lipinski definition) is 4. The van der Waals surface area contributed by atoms with Gasteiger partial charge in [0.15, 0.2) is 0 Å². The predicted molar refractivity (Wildman–Crippen MR) is 109 cm³/mol. The fourth-order valence-corrected chi connectivity index (χ4v) is 4.47. The van der Waals surface area contributed by atoms with Crippen LogP contribution in [0.5, 0.6) is 0 Å². The molecule has 0 radical (unpaired) electrons. The summed E-state index contributed by atoms with van der Waals surface area (Å²) in [4.78, 5) is 26.9. The number of amides is 2. The molecule has 4 rings (SSSR count). The van der Waals surface area contributed by atoms with Gasteiger partial charge in [-0.3, -0.25) is 14.5 Å². The zero-order chi connectivity index (χ0) is 18.3. The van der Waals surface area contributed by atoms with Crippen molar-refractivity contribution < 1.29 is 9.59 Å². The van der Waals surface area contributed by atoms with E-state index < -0.39 is 0 Å². The second kappa shape index (κ2) is 6.89. The zero-order valence-electron chi connectivity index (χ0n) is 14.4. The van der Waals surface area contributed by atoms with E-state index in [0.29, 0.717) is 21.8 Å². The van der Waals surface area contributed by atoms with E-state index in [2.05, 4.69) is 5.32 Å². The quantitative estimate of drug-likeness (QED) is 0.635. The van der Waals surface area contributed by atoms with Gasteiger partial charge in [0.2, 0.25) is 5.91 Å². The van der Waals surface area contributed by atoms with E-state index in [1.54, 1.807) is 4.90 Å². The highest BCUT2D eigenvalue weighted by atomic mass is 32.2. The molecule has 2 fully saturated rings. The Morgan fingerprint density at radius 1 is 1.38 bits per heavy atom. The molecule has 1 N–H and O–H groups in total. The highest BCUT2D eigenvalue weighted by molar-refractivity contribution is 8.26. The number of aromatic nitrogens is 1. The van der Waals surface area contributed by atoms with Crippen molar-refractivity contribution in [1.82, 2.24) is 14.8 Å². The molecule has 1 aliphatic heterocycles. The molecule has 1 saturated carbocycles. The van der Waals surface area contributed by atoms with Gasteiger partial charge in [-0.1, -0.05) is 42.2 Å². The normalized spacial score (nSPS) is 19.0. The second-order valence-electron chi connectivity index (χ2n) is 6.50. The van der Waals surface area contributed by atoms with Crippen molar-refractivity contribution in [1.29, 1.82) is 0 Å². The molecule has 134 valence electrons. The lowest BCUT2D eigenvalue weighted by molar-refractivity contribution is -0.122. The lowest BCUT2D eigenvalue weighted by Gasteiger charge is -2.09. The Kier molecular flexibility index (Phi) is 4.58. The Hall–Kier alpha value is -2.12. The van der Waals surface area contributed by atoms with Gasteiger partial charge in [0, 0.05) is 35.2 Å². The minimum absolute atomic E-state index is 0.0251. The summed E-state index contributed by atoms with van der Waals surface area (Å²) in [6, 6.07) is 8.27. The molecule has 1 aromatic heterocycles. The maximum absolute atomic E-state index is 12.5. The number of carbonyl (C=O) groups excluding carboxylic acids is 2. The molecule has 5 nitrogen and oxygen atoms in total. The summed E-state index contributed by atoms with van der Waals surface area (Å²) in [7, 11) is 0. The maximum Gasteiger partial charge on any atom is 0.266 e. The van der Waals surface area contributed by atoms with Crippen molar-refractivity contribution in [3.63, 3.8) is 0 Å². The number of nitrogens with zero attached hydrogens (tertiary/aromatic N) is 2. The summed E-state index contributed by atoms with van der Waals surface area (Å²) in [5, 5.41) is 4.04. The van der Waals surface area contributed by atoms with Crippen LogP contribution in [0, 0.1) is 0 Å². The standard InChI is InChI=1S/C19H19N3O2S2/c1-2-22-18(24)16(26-19(22)25)9-12-10-21(11-17(23)20-13-7-8-13)15-6-4-3-5-14(12)15/h3-6,9-10,13H,2,7-8,11H2,1H3,(H,20,23)/b16-9-. The van der Waals surface area contributed by atoms with Crippen LogP contribution < -0.4 is 5.32 Å². The van der Waals surface area contributed by atoms with Gasteiger partial charge in [-0.25, -0.2) is 0 Å². The van der Waals surface area contributed by atoms with Gasteiger partial charge in [0.1, 0.15) is 10.9 Å². The van der Waals surface area contributed by atoms with E-state index in [-0.39, 0.29) is 18.4 Å². The van der Waals surface area contributed by atoms with Crippen LogP contribution in [0.4, 0.5) is 0 Å². The largest absolute Gasteiger partial charge is 0.352 e. The third kappa shape index (κ3) is 3.29. The van der Waals surface area contributed by atoms with E-state index in [1.165, 1.54) is 11.8 Å². The Morgan fingerprint density at radius 2 is 2.15 bits per heavy atom. The Balaban J connectivity index is 1.67. The Bertz CT molecular complexity index is 943. The number of fused-ring (bicyclic) bond motifs is 1. The average Bonchev–Trinajstić information content (AvgIpc) is 3.31. The molecule has 1 aromatic carbocycles. The molecule has 2 aliphatic rings. The van der Waals surface area contributed by atoms with E-state index in [0.717, 1.165) is 29.3 Å². The van der Waals surface area contributed by atoms with Gasteiger partial charge in [-0.15, -0.1) is 0 Å². The average molecular weight is 386 g/mol. The summed E-state index contributed by atoms with van der Waals surface area (Å²) in [6.45, 7) is 2.77. The lowest BCUT2D eigenvalue weighted by atomic mass is 10.1. The number of nitrogens with one attached hydrogen (secondary N) is 1. The molecule has 0 bridgehead atoms. The van der Waals surface area contributed by atoms with Gasteiger partial charge in [0.25, 0.3) is 5.91 Å². The minimum Gasteiger partial charge on any atom is -0.352 e. The van der Waals surface area contributed by atoms with E-state index in [1.807, 2.05) is 48.0 Å². The number of para-hydroxylation sites is 1. The molecule has 2 heterocycles. The van der Waals surface area contributed by atoms with Crippen LogP contribution in [-0.2, 0) is 16.1 Å². The number of benzene rings is 1.